The van der Waals surface area contributed by atoms with E-state index in [1.54, 1.807) is 0 Å². The van der Waals surface area contributed by atoms with E-state index in [0.717, 1.165) is 6.42 Å². The van der Waals surface area contributed by atoms with Gasteiger partial charge in [-0.25, -0.2) is 4.57 Å². The Hall–Kier alpha value is -3.13. The van der Waals surface area contributed by atoms with Crippen molar-refractivity contribution in [2.75, 3.05) is 0 Å². The molecule has 0 radical (unpaired) electrons. The maximum atomic E-state index is 2.52. The van der Waals surface area contributed by atoms with Crippen molar-refractivity contribution in [3.8, 4) is 11.3 Å². The van der Waals surface area contributed by atoms with Crippen LogP contribution >= 0.6 is 0 Å². The minimum atomic E-state index is 0.0578. The van der Waals surface area contributed by atoms with Crippen LogP contribution in [0.4, 0.5) is 0 Å². The average molecular weight is 510 g/mol. The molecule has 3 aromatic carbocycles. The van der Waals surface area contributed by atoms with Crippen molar-refractivity contribution in [3.63, 3.8) is 0 Å². The number of hydrogen-bond acceptors (Lipinski definition) is 0. The van der Waals surface area contributed by atoms with Crippen LogP contribution in [0.15, 0.2) is 60.8 Å². The lowest BCUT2D eigenvalue weighted by molar-refractivity contribution is -0.643. The molecule has 38 heavy (non-hydrogen) atoms. The van der Waals surface area contributed by atoms with Gasteiger partial charge in [0.15, 0.2) is 5.69 Å². The third kappa shape index (κ3) is 4.75. The summed E-state index contributed by atoms with van der Waals surface area (Å²) in [4.78, 5) is 0. The predicted molar refractivity (Wildman–Crippen MR) is 168 cm³/mol. The molecule has 5 aromatic rings. The van der Waals surface area contributed by atoms with Gasteiger partial charge in [0, 0.05) is 16.3 Å². The molecule has 0 saturated heterocycles. The Balaban J connectivity index is 0.000000956. The predicted octanol–water partition coefficient (Wildman–Crippen LogP) is 10.0. The molecular formula is C36H49N2+. The number of benzene rings is 3. The number of pyridine rings is 1. The van der Waals surface area contributed by atoms with Gasteiger partial charge in [0.05, 0.1) is 12.4 Å². The molecule has 0 aliphatic heterocycles. The minimum absolute atomic E-state index is 0.0578. The Kier molecular flexibility index (Phi) is 9.08. The van der Waals surface area contributed by atoms with Crippen LogP contribution < -0.4 is 4.57 Å². The van der Waals surface area contributed by atoms with E-state index in [2.05, 4.69) is 125 Å². The summed E-state index contributed by atoms with van der Waals surface area (Å²) in [5.41, 5.74) is 10.6. The number of aryl methyl sites for hydroxylation is 4. The lowest BCUT2D eigenvalue weighted by Crippen LogP contribution is -2.29. The quantitative estimate of drug-likeness (QED) is 0.168. The van der Waals surface area contributed by atoms with Crippen molar-refractivity contribution < 1.29 is 4.57 Å². The zero-order valence-corrected chi connectivity index (χ0v) is 26.0. The van der Waals surface area contributed by atoms with Crippen LogP contribution in [0, 0.1) is 26.7 Å². The number of fused-ring (bicyclic) bond motifs is 6. The number of nitrogens with zero attached hydrogens (tertiary/aromatic N) is 2. The lowest BCUT2D eigenvalue weighted by Gasteiger charge is -2.32. The van der Waals surface area contributed by atoms with Gasteiger partial charge < -0.3 is 0 Å². The third-order valence-electron chi connectivity index (χ3n) is 8.35. The van der Waals surface area contributed by atoms with Gasteiger partial charge >= 0.3 is 0 Å². The zero-order chi connectivity index (χ0) is 28.4. The molecule has 2 heterocycles. The first-order valence-electron chi connectivity index (χ1n) is 14.6. The molecule has 0 aliphatic rings. The van der Waals surface area contributed by atoms with Crippen molar-refractivity contribution in [1.29, 1.82) is 0 Å². The second-order valence-electron chi connectivity index (χ2n) is 10.8. The molecule has 1 unspecified atom stereocenters. The van der Waals surface area contributed by atoms with Gasteiger partial charge in [0.25, 0.3) is 5.65 Å². The Morgan fingerprint density at radius 1 is 0.842 bits per heavy atom. The van der Waals surface area contributed by atoms with Gasteiger partial charge in [0.2, 0.25) is 0 Å². The van der Waals surface area contributed by atoms with Crippen LogP contribution in [-0.4, -0.2) is 4.40 Å². The van der Waals surface area contributed by atoms with Crippen molar-refractivity contribution in [2.24, 2.45) is 13.0 Å². The van der Waals surface area contributed by atoms with Crippen molar-refractivity contribution in [1.82, 2.24) is 4.40 Å². The Morgan fingerprint density at radius 2 is 1.45 bits per heavy atom. The number of hydrogen-bond donors (Lipinski definition) is 0. The second kappa shape index (κ2) is 11.7. The second-order valence-corrected chi connectivity index (χ2v) is 10.8. The van der Waals surface area contributed by atoms with Gasteiger partial charge in [-0.05, 0) is 60.9 Å². The minimum Gasteiger partial charge on any atom is -0.232 e. The highest BCUT2D eigenvalue weighted by Crippen LogP contribution is 2.42. The fourth-order valence-corrected chi connectivity index (χ4v) is 5.89. The molecule has 5 rings (SSSR count). The van der Waals surface area contributed by atoms with E-state index < -0.39 is 0 Å². The van der Waals surface area contributed by atoms with Gasteiger partial charge in [-0.1, -0.05) is 110 Å². The van der Waals surface area contributed by atoms with Gasteiger partial charge in [0.1, 0.15) is 11.7 Å². The van der Waals surface area contributed by atoms with Crippen LogP contribution in [0.5, 0.6) is 0 Å². The summed E-state index contributed by atoms with van der Waals surface area (Å²) in [6, 6.07) is 20.5. The van der Waals surface area contributed by atoms with E-state index in [1.165, 1.54) is 60.8 Å². The van der Waals surface area contributed by atoms with E-state index >= 15 is 0 Å². The van der Waals surface area contributed by atoms with E-state index in [-0.39, 0.29) is 5.41 Å². The molecule has 0 aliphatic carbocycles. The maximum absolute atomic E-state index is 2.52. The molecule has 202 valence electrons. The Labute approximate surface area is 231 Å². The lowest BCUT2D eigenvalue weighted by atomic mass is 9.71. The number of rotatable bonds is 4. The summed E-state index contributed by atoms with van der Waals surface area (Å²) < 4.78 is 4.86. The van der Waals surface area contributed by atoms with Crippen LogP contribution in [0.25, 0.3) is 38.6 Å². The Bertz CT molecular complexity index is 1550. The van der Waals surface area contributed by atoms with Crippen molar-refractivity contribution in [2.45, 2.75) is 88.0 Å². The smallest absolute Gasteiger partial charge is 0.232 e. The summed E-state index contributed by atoms with van der Waals surface area (Å²) >= 11 is 0. The highest BCUT2D eigenvalue weighted by molar-refractivity contribution is 6.13. The largest absolute Gasteiger partial charge is 0.295 e. The zero-order valence-electron chi connectivity index (χ0n) is 26.0. The molecule has 0 amide bonds. The van der Waals surface area contributed by atoms with Crippen LogP contribution in [-0.2, 0) is 12.5 Å². The maximum Gasteiger partial charge on any atom is 0.295 e. The normalized spacial score (nSPS) is 12.2. The van der Waals surface area contributed by atoms with Crippen LogP contribution in [0.2, 0.25) is 0 Å². The summed E-state index contributed by atoms with van der Waals surface area (Å²) in [5, 5.41) is 4.06. The summed E-state index contributed by atoms with van der Waals surface area (Å²) in [5.74, 6) is 0.574. The molecular weight excluding hydrogens is 460 g/mol. The molecule has 0 N–H and O–H groups in total. The fourth-order valence-electron chi connectivity index (χ4n) is 5.89. The summed E-state index contributed by atoms with van der Waals surface area (Å²) in [7, 11) is 2.21. The third-order valence-corrected chi connectivity index (χ3v) is 8.35. The van der Waals surface area contributed by atoms with Gasteiger partial charge in [-0.15, -0.1) is 0 Å². The SMILES string of the molecule is CC.CC.CCC(C)C(C)(C)c1cccc2c3cc(C)ccc3n3c(-c4c(C)cccc4C)c[n+](C)c3c12. The molecule has 2 aromatic heterocycles. The molecule has 2 nitrogen and oxygen atoms in total. The van der Waals surface area contributed by atoms with E-state index in [0.29, 0.717) is 5.92 Å². The standard InChI is InChI=1S/C32H37N2.2C2H6/c1-9-23(5)32(6,7)26-15-11-14-24-25-18-20(2)16-17-27(25)34-28(19-33(8)31(34)30(24)26)29-21(3)12-10-13-22(29)4;2*1-2/h10-19,23H,9H2,1-8H3;2*1-2H3/q+1;;. The number of aromatic nitrogens is 2. The highest BCUT2D eigenvalue weighted by atomic mass is 15.1. The first-order chi connectivity index (χ1) is 18.2. The van der Waals surface area contributed by atoms with E-state index in [4.69, 9.17) is 0 Å². The average Bonchev–Trinajstić information content (AvgIpc) is 3.26. The first-order valence-corrected chi connectivity index (χ1v) is 14.6. The van der Waals surface area contributed by atoms with Gasteiger partial charge in [-0.3, -0.25) is 0 Å². The molecule has 0 spiro atoms. The van der Waals surface area contributed by atoms with E-state index in [9.17, 15) is 0 Å². The summed E-state index contributed by atoms with van der Waals surface area (Å²) in [6.45, 7) is 24.2. The van der Waals surface area contributed by atoms with Crippen molar-refractivity contribution in [3.05, 3.63) is 83.0 Å². The van der Waals surface area contributed by atoms with Gasteiger partial charge in [-0.2, -0.15) is 4.40 Å². The van der Waals surface area contributed by atoms with Crippen LogP contribution in [0.3, 0.4) is 0 Å². The van der Waals surface area contributed by atoms with Crippen LogP contribution in [0.1, 0.15) is 84.1 Å². The monoisotopic (exact) mass is 509 g/mol. The number of imidazole rings is 1. The summed E-state index contributed by atoms with van der Waals surface area (Å²) in [6.07, 6.45) is 3.49. The fraction of sp³-hybridized carbons (Fsp3) is 0.417. The molecule has 2 heteroatoms. The Morgan fingerprint density at radius 3 is 2.05 bits per heavy atom. The highest BCUT2D eigenvalue weighted by Gasteiger charge is 2.33. The molecule has 1 atom stereocenters. The molecule has 0 fully saturated rings. The molecule has 0 saturated carbocycles. The van der Waals surface area contributed by atoms with Crippen molar-refractivity contribution >= 4 is 27.3 Å². The molecule has 0 bridgehead atoms. The topological polar surface area (TPSA) is 8.29 Å². The first kappa shape index (κ1) is 29.4. The van der Waals surface area contributed by atoms with E-state index in [1.807, 2.05) is 27.7 Å².